The molecule has 4 rings (SSSR count). The molecule has 1 amide bonds. The second-order valence-electron chi connectivity index (χ2n) is 6.67. The van der Waals surface area contributed by atoms with Crippen molar-refractivity contribution >= 4 is 11.9 Å². The molecule has 0 aliphatic rings. The zero-order chi connectivity index (χ0) is 22.9. The van der Waals surface area contributed by atoms with Gasteiger partial charge in [-0.2, -0.15) is 23.4 Å². The van der Waals surface area contributed by atoms with E-state index >= 15 is 0 Å². The van der Waals surface area contributed by atoms with Crippen LogP contribution in [0.3, 0.4) is 0 Å². The minimum Gasteiger partial charge on any atom is -0.406 e. The van der Waals surface area contributed by atoms with Crippen LogP contribution in [-0.2, 0) is 13.2 Å². The van der Waals surface area contributed by atoms with Gasteiger partial charge >= 0.3 is 12.3 Å². The Hall–Kier alpha value is -4.15. The predicted molar refractivity (Wildman–Crippen MR) is 107 cm³/mol. The molecule has 0 aliphatic heterocycles. The van der Waals surface area contributed by atoms with Gasteiger partial charge in [0.15, 0.2) is 11.4 Å². The van der Waals surface area contributed by atoms with Gasteiger partial charge in [0, 0.05) is 18.7 Å². The van der Waals surface area contributed by atoms with Gasteiger partial charge in [-0.15, -0.1) is 0 Å². The van der Waals surface area contributed by atoms with Gasteiger partial charge in [-0.25, -0.2) is 13.9 Å². The molecular weight excluding hydrogens is 430 g/mol. The maximum Gasteiger partial charge on any atom is 0.437 e. The van der Waals surface area contributed by atoms with Gasteiger partial charge in [-0.05, 0) is 18.2 Å². The van der Waals surface area contributed by atoms with E-state index < -0.39 is 29.5 Å². The van der Waals surface area contributed by atoms with E-state index in [9.17, 15) is 22.4 Å². The third-order valence-corrected chi connectivity index (χ3v) is 4.44. The fourth-order valence-corrected chi connectivity index (χ4v) is 3.04. The van der Waals surface area contributed by atoms with Crippen molar-refractivity contribution in [2.24, 2.45) is 7.05 Å². The van der Waals surface area contributed by atoms with Gasteiger partial charge in [-0.1, -0.05) is 36.4 Å². The maximum absolute atomic E-state index is 13.7. The molecule has 7 nitrogen and oxygen atoms in total. The Morgan fingerprint density at radius 1 is 1.06 bits per heavy atom. The molecule has 0 atom stereocenters. The summed E-state index contributed by atoms with van der Waals surface area (Å²) in [6.45, 7) is 0. The number of hydrogen-bond donors (Lipinski definition) is 1. The number of anilines is 1. The highest BCUT2D eigenvalue weighted by Crippen LogP contribution is 2.37. The molecular formula is C21H15F4N5O2. The SMILES string of the molecule is Cn1nc(-c2ccccc2)cc1NC(=O)Oc1cnn(-c2cccc(F)c2)c1C(F)(F)F. The van der Waals surface area contributed by atoms with Gasteiger partial charge in [0.1, 0.15) is 11.6 Å². The van der Waals surface area contributed by atoms with E-state index in [0.717, 1.165) is 23.9 Å². The molecule has 2 aromatic carbocycles. The fraction of sp³-hybridized carbons (Fsp3) is 0.0952. The van der Waals surface area contributed by atoms with Gasteiger partial charge in [0.2, 0.25) is 0 Å². The summed E-state index contributed by atoms with van der Waals surface area (Å²) >= 11 is 0. The third-order valence-electron chi connectivity index (χ3n) is 4.44. The number of nitrogens with one attached hydrogen (secondary N) is 1. The average Bonchev–Trinajstić information content (AvgIpc) is 3.32. The van der Waals surface area contributed by atoms with Crippen LogP contribution in [0.15, 0.2) is 66.9 Å². The fourth-order valence-electron chi connectivity index (χ4n) is 3.04. The molecule has 2 aromatic heterocycles. The van der Waals surface area contributed by atoms with Crippen LogP contribution >= 0.6 is 0 Å². The average molecular weight is 445 g/mol. The van der Waals surface area contributed by atoms with E-state index in [4.69, 9.17) is 4.74 Å². The van der Waals surface area contributed by atoms with Crippen molar-refractivity contribution in [1.82, 2.24) is 19.6 Å². The molecule has 164 valence electrons. The molecule has 0 fully saturated rings. The smallest absolute Gasteiger partial charge is 0.406 e. The highest BCUT2D eigenvalue weighted by atomic mass is 19.4. The molecule has 1 N–H and O–H groups in total. The standard InChI is InChI=1S/C21H15F4N5O2/c1-29-18(11-16(28-29)13-6-3-2-4-7-13)27-20(31)32-17-12-26-30(19(17)21(23,24)25)15-9-5-8-14(22)10-15/h2-12H,1H3,(H,27,31). The van der Waals surface area contributed by atoms with Crippen LogP contribution < -0.4 is 10.1 Å². The van der Waals surface area contributed by atoms with E-state index in [2.05, 4.69) is 15.5 Å². The van der Waals surface area contributed by atoms with Crippen LogP contribution in [-0.4, -0.2) is 25.7 Å². The lowest BCUT2D eigenvalue weighted by molar-refractivity contribution is -0.143. The molecule has 0 unspecified atom stereocenters. The first-order valence-corrected chi connectivity index (χ1v) is 9.22. The van der Waals surface area contributed by atoms with Crippen LogP contribution in [0.2, 0.25) is 0 Å². The predicted octanol–water partition coefficient (Wildman–Crippen LogP) is 5.04. The number of aromatic nitrogens is 4. The topological polar surface area (TPSA) is 74.0 Å². The quantitative estimate of drug-likeness (QED) is 0.447. The highest BCUT2D eigenvalue weighted by Gasteiger charge is 2.40. The van der Waals surface area contributed by atoms with Crippen molar-refractivity contribution in [3.05, 3.63) is 78.4 Å². The molecule has 0 spiro atoms. The van der Waals surface area contributed by atoms with Crippen LogP contribution in [0.4, 0.5) is 28.2 Å². The summed E-state index contributed by atoms with van der Waals surface area (Å²) in [7, 11) is 1.56. The zero-order valence-electron chi connectivity index (χ0n) is 16.5. The van der Waals surface area contributed by atoms with Gasteiger partial charge in [0.25, 0.3) is 0 Å². The Labute approximate surface area is 178 Å². The summed E-state index contributed by atoms with van der Waals surface area (Å²) in [5.74, 6) is -1.36. The number of ether oxygens (including phenoxy) is 1. The first-order valence-electron chi connectivity index (χ1n) is 9.22. The molecule has 0 saturated heterocycles. The maximum atomic E-state index is 13.7. The van der Waals surface area contributed by atoms with Crippen LogP contribution in [0.5, 0.6) is 5.75 Å². The Morgan fingerprint density at radius 3 is 2.50 bits per heavy atom. The molecule has 0 saturated carbocycles. The van der Waals surface area contributed by atoms with Crippen molar-refractivity contribution in [3.8, 4) is 22.7 Å². The van der Waals surface area contributed by atoms with E-state index in [0.29, 0.717) is 10.4 Å². The van der Waals surface area contributed by atoms with Gasteiger partial charge < -0.3 is 4.74 Å². The summed E-state index contributed by atoms with van der Waals surface area (Å²) in [4.78, 5) is 12.3. The minimum atomic E-state index is -4.93. The number of nitrogens with zero attached hydrogens (tertiary/aromatic N) is 4. The van der Waals surface area contributed by atoms with Gasteiger partial charge in [0.05, 0.1) is 17.6 Å². The van der Waals surface area contributed by atoms with Crippen molar-refractivity contribution in [2.45, 2.75) is 6.18 Å². The van der Waals surface area contributed by atoms with Crippen molar-refractivity contribution in [1.29, 1.82) is 0 Å². The summed E-state index contributed by atoms with van der Waals surface area (Å²) in [5.41, 5.74) is -0.182. The molecule has 32 heavy (non-hydrogen) atoms. The molecule has 0 radical (unpaired) electrons. The Balaban J connectivity index is 1.58. The minimum absolute atomic E-state index is 0.174. The van der Waals surface area contributed by atoms with E-state index in [-0.39, 0.29) is 11.5 Å². The number of aryl methyl sites for hydroxylation is 1. The summed E-state index contributed by atoms with van der Waals surface area (Å²) in [6.07, 6.45) is -5.35. The number of carbonyl (C=O) groups is 1. The van der Waals surface area contributed by atoms with E-state index in [1.54, 1.807) is 13.1 Å². The largest absolute Gasteiger partial charge is 0.437 e. The summed E-state index contributed by atoms with van der Waals surface area (Å²) in [5, 5.41) is 10.2. The number of carbonyl (C=O) groups excluding carboxylic acids is 1. The Kier molecular flexibility index (Phi) is 5.39. The van der Waals surface area contributed by atoms with Crippen LogP contribution in [0, 0.1) is 5.82 Å². The number of rotatable bonds is 4. The monoisotopic (exact) mass is 445 g/mol. The van der Waals surface area contributed by atoms with E-state index in [1.165, 1.54) is 16.8 Å². The van der Waals surface area contributed by atoms with Crippen molar-refractivity contribution in [2.75, 3.05) is 5.32 Å². The molecule has 4 aromatic rings. The normalized spacial score (nSPS) is 11.4. The second kappa shape index (κ2) is 8.17. The lowest BCUT2D eigenvalue weighted by atomic mass is 10.2. The highest BCUT2D eigenvalue weighted by molar-refractivity contribution is 5.86. The van der Waals surface area contributed by atoms with Crippen molar-refractivity contribution in [3.63, 3.8) is 0 Å². The van der Waals surface area contributed by atoms with Gasteiger partial charge in [-0.3, -0.25) is 10.00 Å². The Bertz CT molecular complexity index is 1260. The lowest BCUT2D eigenvalue weighted by Crippen LogP contribution is -2.21. The summed E-state index contributed by atoms with van der Waals surface area (Å²) in [6, 6.07) is 15.1. The first kappa shape index (κ1) is 21.1. The number of hydrogen-bond acceptors (Lipinski definition) is 4. The second-order valence-corrected chi connectivity index (χ2v) is 6.67. The molecule has 0 bridgehead atoms. The first-order chi connectivity index (χ1) is 15.2. The van der Waals surface area contributed by atoms with E-state index in [1.807, 2.05) is 30.3 Å². The lowest BCUT2D eigenvalue weighted by Gasteiger charge is -2.13. The number of alkyl halides is 3. The Morgan fingerprint density at radius 2 is 1.81 bits per heavy atom. The number of amides is 1. The number of benzene rings is 2. The zero-order valence-corrected chi connectivity index (χ0v) is 16.5. The van der Waals surface area contributed by atoms with Crippen LogP contribution in [0.1, 0.15) is 5.69 Å². The van der Waals surface area contributed by atoms with Crippen LogP contribution in [0.25, 0.3) is 16.9 Å². The molecule has 0 aliphatic carbocycles. The molecule has 11 heteroatoms. The molecule has 2 heterocycles. The number of halogens is 4. The third kappa shape index (κ3) is 4.31. The van der Waals surface area contributed by atoms with Crippen molar-refractivity contribution < 1.29 is 27.1 Å². The summed E-state index contributed by atoms with van der Waals surface area (Å²) < 4.78 is 61.2.